The Morgan fingerprint density at radius 2 is 1.12 bits per heavy atom. The summed E-state index contributed by atoms with van der Waals surface area (Å²) in [7, 11) is 0. The molecule has 0 amide bonds. The third-order valence-electron chi connectivity index (χ3n) is 14.0. The third-order valence-corrected chi connectivity index (χ3v) is 14.9. The van der Waals surface area contributed by atoms with Crippen LogP contribution in [0.5, 0.6) is 0 Å². The van der Waals surface area contributed by atoms with Gasteiger partial charge >= 0.3 is 0 Å². The van der Waals surface area contributed by atoms with Crippen LogP contribution in [0.3, 0.4) is 0 Å². The molecule has 5 aliphatic rings. The minimum atomic E-state index is 0.0329. The van der Waals surface area contributed by atoms with Crippen LogP contribution in [0, 0.1) is 23.7 Å². The van der Waals surface area contributed by atoms with E-state index in [1.54, 1.807) is 0 Å². The predicted molar refractivity (Wildman–Crippen MR) is 235 cm³/mol. The second-order valence-corrected chi connectivity index (χ2v) is 18.0. The Hall–Kier alpha value is -5.78. The molecular weight excluding hydrogens is 713 g/mol. The Morgan fingerprint density at radius 1 is 0.491 bits per heavy atom. The monoisotopic (exact) mass is 756 g/mol. The van der Waals surface area contributed by atoms with E-state index in [0.717, 1.165) is 24.3 Å². The SMILES string of the molecule is c1ccc(N2CN(c3cccc(Sc4ccc5c6ccccc6n(-c6cc(C7(c8ccccc8)C8CC9CC(C8)CC7C9)ccn6)c5c4)c3)c3ccccc32)cc1. The first-order valence-corrected chi connectivity index (χ1v) is 21.5. The third kappa shape index (κ3) is 5.24. The molecule has 0 atom stereocenters. The zero-order valence-corrected chi connectivity index (χ0v) is 32.7. The largest absolute Gasteiger partial charge is 0.321 e. The van der Waals surface area contributed by atoms with Crippen LogP contribution in [-0.2, 0) is 5.41 Å². The smallest absolute Gasteiger partial charge is 0.137 e. The van der Waals surface area contributed by atoms with E-state index in [2.05, 4.69) is 184 Å². The van der Waals surface area contributed by atoms with E-state index in [-0.39, 0.29) is 5.41 Å². The van der Waals surface area contributed by atoms with Gasteiger partial charge in [0.1, 0.15) is 12.5 Å². The van der Waals surface area contributed by atoms with Gasteiger partial charge in [0.05, 0.1) is 22.4 Å². The lowest BCUT2D eigenvalue weighted by atomic mass is 9.42. The fraction of sp³-hybridized carbons (Fsp3) is 0.212. The number of benzene rings is 6. The lowest BCUT2D eigenvalue weighted by Gasteiger charge is -2.62. The molecule has 0 spiro atoms. The van der Waals surface area contributed by atoms with E-state index in [0.29, 0.717) is 11.8 Å². The Bertz CT molecular complexity index is 2760. The maximum Gasteiger partial charge on any atom is 0.137 e. The Labute approximate surface area is 338 Å². The summed E-state index contributed by atoms with van der Waals surface area (Å²) < 4.78 is 2.43. The number of aromatic nitrogens is 2. The van der Waals surface area contributed by atoms with Crippen molar-refractivity contribution in [2.24, 2.45) is 23.7 Å². The van der Waals surface area contributed by atoms with Crippen molar-refractivity contribution < 1.29 is 0 Å². The number of rotatable bonds is 7. The first-order valence-electron chi connectivity index (χ1n) is 20.7. The van der Waals surface area contributed by atoms with Crippen molar-refractivity contribution in [3.05, 3.63) is 181 Å². The first-order chi connectivity index (χ1) is 28.2. The second kappa shape index (κ2) is 13.1. The van der Waals surface area contributed by atoms with Crippen molar-refractivity contribution in [2.75, 3.05) is 16.5 Å². The normalized spacial score (nSPS) is 23.4. The van der Waals surface area contributed by atoms with Crippen molar-refractivity contribution in [2.45, 2.75) is 47.3 Å². The van der Waals surface area contributed by atoms with Crippen LogP contribution in [-0.4, -0.2) is 16.2 Å². The number of fused-ring (bicyclic) bond motifs is 4. The van der Waals surface area contributed by atoms with Gasteiger partial charge in [-0.25, -0.2) is 4.98 Å². The van der Waals surface area contributed by atoms with Crippen molar-refractivity contribution in [1.82, 2.24) is 9.55 Å². The molecule has 57 heavy (non-hydrogen) atoms. The molecule has 0 saturated heterocycles. The van der Waals surface area contributed by atoms with Crippen molar-refractivity contribution >= 4 is 56.3 Å². The molecular formula is C52H44N4S. The molecule has 0 N–H and O–H groups in total. The van der Waals surface area contributed by atoms with Crippen LogP contribution >= 0.6 is 11.8 Å². The van der Waals surface area contributed by atoms with Crippen LogP contribution in [0.4, 0.5) is 22.7 Å². The van der Waals surface area contributed by atoms with Gasteiger partial charge in [0.25, 0.3) is 0 Å². The van der Waals surface area contributed by atoms with Gasteiger partial charge in [-0.3, -0.25) is 4.57 Å². The number of hydrogen-bond donors (Lipinski definition) is 0. The fourth-order valence-electron chi connectivity index (χ4n) is 11.9. The lowest BCUT2D eigenvalue weighted by molar-refractivity contribution is -0.0418. The number of para-hydroxylation sites is 4. The van der Waals surface area contributed by atoms with Crippen LogP contribution < -0.4 is 9.80 Å². The highest BCUT2D eigenvalue weighted by atomic mass is 32.2. The topological polar surface area (TPSA) is 24.3 Å². The minimum absolute atomic E-state index is 0.0329. The fourth-order valence-corrected chi connectivity index (χ4v) is 12.8. The summed E-state index contributed by atoms with van der Waals surface area (Å²) in [6.45, 7) is 0.768. The number of hydrogen-bond acceptors (Lipinski definition) is 4. The molecule has 2 aromatic heterocycles. The van der Waals surface area contributed by atoms with E-state index >= 15 is 0 Å². The summed E-state index contributed by atoms with van der Waals surface area (Å²) >= 11 is 1.83. The summed E-state index contributed by atoms with van der Waals surface area (Å²) in [6, 6.07) is 60.7. The molecule has 4 saturated carbocycles. The lowest BCUT2D eigenvalue weighted by Crippen LogP contribution is -2.56. The molecule has 5 heteroatoms. The summed E-state index contributed by atoms with van der Waals surface area (Å²) in [6.07, 6.45) is 8.96. The van der Waals surface area contributed by atoms with Gasteiger partial charge in [0.15, 0.2) is 0 Å². The van der Waals surface area contributed by atoms with Gasteiger partial charge < -0.3 is 9.80 Å². The zero-order chi connectivity index (χ0) is 37.5. The van der Waals surface area contributed by atoms with Crippen LogP contribution in [0.1, 0.15) is 43.2 Å². The highest BCUT2D eigenvalue weighted by molar-refractivity contribution is 7.99. The zero-order valence-electron chi connectivity index (χ0n) is 31.9. The number of nitrogens with zero attached hydrogens (tertiary/aromatic N) is 4. The molecule has 1 aliphatic heterocycles. The molecule has 4 fully saturated rings. The van der Waals surface area contributed by atoms with Gasteiger partial charge in [-0.05, 0) is 140 Å². The maximum absolute atomic E-state index is 5.18. The van der Waals surface area contributed by atoms with Gasteiger partial charge in [-0.2, -0.15) is 0 Å². The van der Waals surface area contributed by atoms with Crippen molar-refractivity contribution in [3.8, 4) is 5.82 Å². The molecule has 6 aromatic carbocycles. The molecule has 8 aromatic rings. The van der Waals surface area contributed by atoms with Crippen LogP contribution in [0.15, 0.2) is 180 Å². The maximum atomic E-state index is 5.18. The van der Waals surface area contributed by atoms with E-state index in [9.17, 15) is 0 Å². The molecule has 13 rings (SSSR count). The van der Waals surface area contributed by atoms with Gasteiger partial charge in [0, 0.05) is 43.6 Å². The first kappa shape index (κ1) is 33.4. The molecule has 0 radical (unpaired) electrons. The molecule has 4 nitrogen and oxygen atoms in total. The van der Waals surface area contributed by atoms with Gasteiger partial charge in [-0.15, -0.1) is 0 Å². The average Bonchev–Trinajstić information content (AvgIpc) is 3.81. The summed E-state index contributed by atoms with van der Waals surface area (Å²) in [5.41, 5.74) is 10.3. The minimum Gasteiger partial charge on any atom is -0.321 e. The van der Waals surface area contributed by atoms with Crippen molar-refractivity contribution in [3.63, 3.8) is 0 Å². The number of anilines is 4. The number of pyridine rings is 1. The highest BCUT2D eigenvalue weighted by Gasteiger charge is 2.58. The molecule has 4 bridgehead atoms. The van der Waals surface area contributed by atoms with Crippen LogP contribution in [0.2, 0.25) is 0 Å². The summed E-state index contributed by atoms with van der Waals surface area (Å²) in [5.74, 6) is 4.17. The Morgan fingerprint density at radius 3 is 1.89 bits per heavy atom. The highest BCUT2D eigenvalue weighted by Crippen LogP contribution is 2.65. The van der Waals surface area contributed by atoms with Crippen LogP contribution in [0.25, 0.3) is 27.6 Å². The molecule has 0 unspecified atom stereocenters. The molecule has 3 heterocycles. The Balaban J connectivity index is 0.932. The average molecular weight is 757 g/mol. The molecule has 4 aliphatic carbocycles. The van der Waals surface area contributed by atoms with Gasteiger partial charge in [0.2, 0.25) is 0 Å². The van der Waals surface area contributed by atoms with E-state index < -0.39 is 0 Å². The quantitative estimate of drug-likeness (QED) is 0.162. The van der Waals surface area contributed by atoms with E-state index in [1.807, 2.05) is 11.8 Å². The predicted octanol–water partition coefficient (Wildman–Crippen LogP) is 13.3. The standard InChI is InChI=1S/C52H44N4S/c1-3-12-37(13-4-1)52(39-27-35-26-36(29-39)30-40(52)28-35)38-24-25-53-51(31-38)56-47-19-8-7-18-45(47)46-23-22-44(33-50(46)56)57-43-17-11-16-42(32-43)55-34-54(41-14-5-2-6-15-41)48-20-9-10-21-49(48)55/h1-25,31-33,35-36,39-40H,26-30,34H2. The summed E-state index contributed by atoms with van der Waals surface area (Å²) in [4.78, 5) is 12.4. The second-order valence-electron chi connectivity index (χ2n) is 16.9. The Kier molecular flexibility index (Phi) is 7.69. The molecule has 278 valence electrons. The summed E-state index contributed by atoms with van der Waals surface area (Å²) in [5, 5.41) is 2.53. The van der Waals surface area contributed by atoms with Gasteiger partial charge in [-0.1, -0.05) is 103 Å². The van der Waals surface area contributed by atoms with E-state index in [4.69, 9.17) is 4.98 Å². The van der Waals surface area contributed by atoms with Crippen molar-refractivity contribution in [1.29, 1.82) is 0 Å². The van der Waals surface area contributed by atoms with E-state index in [1.165, 1.54) is 97.6 Å².